The number of amides is 1. The maximum atomic E-state index is 12.3. The lowest BCUT2D eigenvalue weighted by Crippen LogP contribution is -2.45. The van der Waals surface area contributed by atoms with E-state index in [1.54, 1.807) is 0 Å². The van der Waals surface area contributed by atoms with Crippen LogP contribution in [0.3, 0.4) is 0 Å². The third kappa shape index (κ3) is 2.70. The summed E-state index contributed by atoms with van der Waals surface area (Å²) in [5.41, 5.74) is 0. The summed E-state index contributed by atoms with van der Waals surface area (Å²) in [6.07, 6.45) is 9.46. The van der Waals surface area contributed by atoms with E-state index in [0.29, 0.717) is 18.3 Å². The Morgan fingerprint density at radius 1 is 0.850 bits per heavy atom. The topological polar surface area (TPSA) is 66.4 Å². The summed E-state index contributed by atoms with van der Waals surface area (Å²) in [5.74, 6) is 0.407. The Morgan fingerprint density at radius 3 is 2.15 bits per heavy atom. The summed E-state index contributed by atoms with van der Waals surface area (Å²) < 4.78 is 0. The van der Waals surface area contributed by atoms with Crippen LogP contribution in [0.15, 0.2) is 0 Å². The van der Waals surface area contributed by atoms with Gasteiger partial charge in [-0.15, -0.1) is 0 Å². The van der Waals surface area contributed by atoms with Gasteiger partial charge < -0.3 is 10.4 Å². The third-order valence-electron chi connectivity index (χ3n) is 5.62. The number of nitrogens with one attached hydrogen (secondary N) is 1. The van der Waals surface area contributed by atoms with Crippen molar-refractivity contribution in [3.63, 3.8) is 0 Å². The first-order valence-electron chi connectivity index (χ1n) is 8.21. The Labute approximate surface area is 120 Å². The van der Waals surface area contributed by atoms with Crippen LogP contribution in [0.25, 0.3) is 0 Å². The number of carbonyl (C=O) groups excluding carboxylic acids is 1. The van der Waals surface area contributed by atoms with Gasteiger partial charge in [0.05, 0.1) is 5.92 Å². The van der Waals surface area contributed by atoms with Crippen LogP contribution in [0, 0.1) is 23.7 Å². The molecule has 3 aliphatic rings. The molecule has 0 heterocycles. The highest BCUT2D eigenvalue weighted by Crippen LogP contribution is 2.57. The zero-order chi connectivity index (χ0) is 14.1. The van der Waals surface area contributed by atoms with Crippen LogP contribution >= 0.6 is 0 Å². The Kier molecular flexibility index (Phi) is 3.99. The normalized spacial score (nSPS) is 40.3. The monoisotopic (exact) mass is 279 g/mol. The van der Waals surface area contributed by atoms with Crippen molar-refractivity contribution in [3.05, 3.63) is 0 Å². The standard InChI is InChI=1S/C16H25NO3/c18-15(14-10-7-5-8-11(10)14)17-13-9-4-2-1-3-6-12(13)16(19)20/h10-14H,1-9H2,(H,17,18)(H,19,20). The molecule has 0 bridgehead atoms. The lowest BCUT2D eigenvalue weighted by Gasteiger charge is -2.27. The number of hydrogen-bond donors (Lipinski definition) is 2. The maximum absolute atomic E-state index is 12.3. The van der Waals surface area contributed by atoms with Crippen molar-refractivity contribution in [1.82, 2.24) is 5.32 Å². The highest BCUT2D eigenvalue weighted by molar-refractivity contribution is 5.83. The van der Waals surface area contributed by atoms with E-state index in [4.69, 9.17) is 0 Å². The first kappa shape index (κ1) is 13.9. The molecule has 4 nitrogen and oxygen atoms in total. The molecule has 3 fully saturated rings. The van der Waals surface area contributed by atoms with Gasteiger partial charge in [-0.2, -0.15) is 0 Å². The molecule has 0 aromatic heterocycles. The molecule has 3 rings (SSSR count). The van der Waals surface area contributed by atoms with E-state index in [1.165, 1.54) is 19.3 Å². The average Bonchev–Trinajstić information content (AvgIpc) is 2.86. The lowest BCUT2D eigenvalue weighted by molar-refractivity contribution is -0.143. The van der Waals surface area contributed by atoms with Crippen LogP contribution in [0.2, 0.25) is 0 Å². The van der Waals surface area contributed by atoms with Gasteiger partial charge in [0.1, 0.15) is 0 Å². The zero-order valence-electron chi connectivity index (χ0n) is 12.0. The summed E-state index contributed by atoms with van der Waals surface area (Å²) in [4.78, 5) is 23.8. The molecule has 4 unspecified atom stereocenters. The lowest BCUT2D eigenvalue weighted by atomic mass is 9.86. The minimum absolute atomic E-state index is 0.136. The summed E-state index contributed by atoms with van der Waals surface area (Å²) in [6, 6.07) is -0.151. The molecule has 0 aromatic rings. The molecule has 20 heavy (non-hydrogen) atoms. The van der Waals surface area contributed by atoms with E-state index in [0.717, 1.165) is 32.1 Å². The van der Waals surface area contributed by atoms with Crippen molar-refractivity contribution in [2.75, 3.05) is 0 Å². The van der Waals surface area contributed by atoms with Gasteiger partial charge in [0.15, 0.2) is 0 Å². The second-order valence-electron chi connectivity index (χ2n) is 6.84. The third-order valence-corrected chi connectivity index (χ3v) is 5.62. The fourth-order valence-corrected chi connectivity index (χ4v) is 4.44. The molecule has 0 aromatic carbocycles. The number of rotatable bonds is 3. The van der Waals surface area contributed by atoms with Crippen LogP contribution < -0.4 is 5.32 Å². The van der Waals surface area contributed by atoms with Gasteiger partial charge in [-0.1, -0.05) is 32.1 Å². The van der Waals surface area contributed by atoms with E-state index in [9.17, 15) is 14.7 Å². The Hall–Kier alpha value is -1.06. The Morgan fingerprint density at radius 2 is 1.50 bits per heavy atom. The molecule has 0 spiro atoms. The fourth-order valence-electron chi connectivity index (χ4n) is 4.44. The van der Waals surface area contributed by atoms with E-state index in [-0.39, 0.29) is 17.9 Å². The molecule has 1 amide bonds. The number of carboxylic acid groups (broad SMARTS) is 1. The summed E-state index contributed by atoms with van der Waals surface area (Å²) in [7, 11) is 0. The number of carbonyl (C=O) groups is 2. The van der Waals surface area contributed by atoms with Gasteiger partial charge >= 0.3 is 5.97 Å². The fraction of sp³-hybridized carbons (Fsp3) is 0.875. The van der Waals surface area contributed by atoms with Gasteiger partial charge in [-0.3, -0.25) is 9.59 Å². The zero-order valence-corrected chi connectivity index (χ0v) is 12.0. The van der Waals surface area contributed by atoms with Crippen LogP contribution in [0.1, 0.15) is 57.8 Å². The number of fused-ring (bicyclic) bond motifs is 1. The molecular weight excluding hydrogens is 254 g/mol. The van der Waals surface area contributed by atoms with Crippen LogP contribution in [-0.4, -0.2) is 23.0 Å². The van der Waals surface area contributed by atoms with Crippen LogP contribution in [-0.2, 0) is 9.59 Å². The van der Waals surface area contributed by atoms with Crippen molar-refractivity contribution in [1.29, 1.82) is 0 Å². The smallest absolute Gasteiger partial charge is 0.308 e. The molecule has 4 heteroatoms. The molecule has 0 aliphatic heterocycles. The van der Waals surface area contributed by atoms with Crippen molar-refractivity contribution >= 4 is 11.9 Å². The molecule has 2 N–H and O–H groups in total. The minimum atomic E-state index is -0.742. The van der Waals surface area contributed by atoms with E-state index < -0.39 is 11.9 Å². The van der Waals surface area contributed by atoms with Crippen molar-refractivity contribution in [3.8, 4) is 0 Å². The highest BCUT2D eigenvalue weighted by Gasteiger charge is 2.56. The predicted octanol–water partition coefficient (Wildman–Crippen LogP) is 2.57. The summed E-state index contributed by atoms with van der Waals surface area (Å²) >= 11 is 0. The summed E-state index contributed by atoms with van der Waals surface area (Å²) in [5, 5.41) is 12.5. The molecule has 0 saturated heterocycles. The van der Waals surface area contributed by atoms with Crippen LogP contribution in [0.5, 0.6) is 0 Å². The largest absolute Gasteiger partial charge is 0.481 e. The van der Waals surface area contributed by atoms with Gasteiger partial charge in [0.25, 0.3) is 0 Å². The molecular formula is C16H25NO3. The minimum Gasteiger partial charge on any atom is -0.481 e. The Bertz CT molecular complexity index is 385. The molecule has 3 saturated carbocycles. The number of aliphatic carboxylic acids is 1. The van der Waals surface area contributed by atoms with Crippen molar-refractivity contribution < 1.29 is 14.7 Å². The molecule has 0 radical (unpaired) electrons. The van der Waals surface area contributed by atoms with Crippen molar-refractivity contribution in [2.45, 2.75) is 63.8 Å². The maximum Gasteiger partial charge on any atom is 0.308 e. The van der Waals surface area contributed by atoms with Gasteiger partial charge in [0, 0.05) is 12.0 Å². The number of carboxylic acids is 1. The second kappa shape index (κ2) is 5.74. The Balaban J connectivity index is 1.60. The molecule has 3 aliphatic carbocycles. The van der Waals surface area contributed by atoms with E-state index in [2.05, 4.69) is 5.32 Å². The van der Waals surface area contributed by atoms with Gasteiger partial charge in [-0.25, -0.2) is 0 Å². The van der Waals surface area contributed by atoms with Gasteiger partial charge in [0.2, 0.25) is 5.91 Å². The predicted molar refractivity (Wildman–Crippen MR) is 75.1 cm³/mol. The first-order chi connectivity index (χ1) is 9.68. The van der Waals surface area contributed by atoms with E-state index in [1.807, 2.05) is 0 Å². The SMILES string of the molecule is O=C(O)C1CCCCCCC1NC(=O)C1C2CCCC21. The van der Waals surface area contributed by atoms with E-state index >= 15 is 0 Å². The molecule has 4 atom stereocenters. The second-order valence-corrected chi connectivity index (χ2v) is 6.84. The number of hydrogen-bond acceptors (Lipinski definition) is 2. The van der Waals surface area contributed by atoms with Crippen molar-refractivity contribution in [2.24, 2.45) is 23.7 Å². The average molecular weight is 279 g/mol. The quantitative estimate of drug-likeness (QED) is 0.834. The first-order valence-corrected chi connectivity index (χ1v) is 8.21. The van der Waals surface area contributed by atoms with Gasteiger partial charge in [-0.05, 0) is 37.5 Å². The van der Waals surface area contributed by atoms with Crippen LogP contribution in [0.4, 0.5) is 0 Å². The highest BCUT2D eigenvalue weighted by atomic mass is 16.4. The summed E-state index contributed by atoms with van der Waals surface area (Å²) in [6.45, 7) is 0. The molecule has 112 valence electrons.